The van der Waals surface area contributed by atoms with Crippen LogP contribution in [0.15, 0.2) is 66.7 Å². The van der Waals surface area contributed by atoms with E-state index < -0.39 is 23.4 Å². The quantitative estimate of drug-likeness (QED) is 0.542. The van der Waals surface area contributed by atoms with Crippen LogP contribution < -0.4 is 9.47 Å². The summed E-state index contributed by atoms with van der Waals surface area (Å²) in [7, 11) is 0. The standard InChI is InChI=1S/C23H20F2O4/c24-19-12-17(10-11-22(26)27)13-20(25)23(19)29-15-18-8-4-5-9-21(18)28-14-16-6-2-1-3-7-16/h1-9,12-13H,10-11,14-15H2,(H,26,27). The van der Waals surface area contributed by atoms with Gasteiger partial charge in [-0.25, -0.2) is 8.78 Å². The minimum absolute atomic E-state index is 0.0413. The molecule has 0 aromatic heterocycles. The van der Waals surface area contributed by atoms with E-state index in [1.165, 1.54) is 0 Å². The van der Waals surface area contributed by atoms with Crippen LogP contribution in [0.1, 0.15) is 23.1 Å². The van der Waals surface area contributed by atoms with E-state index in [4.69, 9.17) is 14.6 Å². The summed E-state index contributed by atoms with van der Waals surface area (Å²) in [6, 6.07) is 18.9. The highest BCUT2D eigenvalue weighted by Crippen LogP contribution is 2.27. The van der Waals surface area contributed by atoms with Gasteiger partial charge in [0.05, 0.1) is 0 Å². The molecule has 0 spiro atoms. The highest BCUT2D eigenvalue weighted by atomic mass is 19.1. The minimum Gasteiger partial charge on any atom is -0.488 e. The summed E-state index contributed by atoms with van der Waals surface area (Å²) in [5.41, 5.74) is 1.91. The van der Waals surface area contributed by atoms with Crippen LogP contribution in [0, 0.1) is 11.6 Å². The second-order valence-electron chi connectivity index (χ2n) is 6.45. The van der Waals surface area contributed by atoms with Gasteiger partial charge in [0.2, 0.25) is 0 Å². The lowest BCUT2D eigenvalue weighted by molar-refractivity contribution is -0.136. The number of carboxylic acid groups (broad SMARTS) is 1. The fourth-order valence-electron chi connectivity index (χ4n) is 2.80. The van der Waals surface area contributed by atoms with Gasteiger partial charge in [-0.3, -0.25) is 4.79 Å². The number of carboxylic acids is 1. The fraction of sp³-hybridized carbons (Fsp3) is 0.174. The van der Waals surface area contributed by atoms with Crippen LogP contribution in [0.5, 0.6) is 11.5 Å². The maximum atomic E-state index is 14.3. The van der Waals surface area contributed by atoms with E-state index in [1.54, 1.807) is 18.2 Å². The molecule has 0 bridgehead atoms. The molecule has 3 aromatic rings. The van der Waals surface area contributed by atoms with E-state index in [0.29, 0.717) is 17.9 Å². The third-order valence-electron chi connectivity index (χ3n) is 4.27. The van der Waals surface area contributed by atoms with Crippen LogP contribution in [0.4, 0.5) is 8.78 Å². The predicted molar refractivity (Wildman–Crippen MR) is 104 cm³/mol. The Balaban J connectivity index is 1.67. The lowest BCUT2D eigenvalue weighted by atomic mass is 10.1. The lowest BCUT2D eigenvalue weighted by Crippen LogP contribution is -2.05. The smallest absolute Gasteiger partial charge is 0.303 e. The first-order valence-electron chi connectivity index (χ1n) is 9.10. The number of hydrogen-bond donors (Lipinski definition) is 1. The second-order valence-corrected chi connectivity index (χ2v) is 6.45. The number of halogens is 2. The molecule has 0 heterocycles. The van der Waals surface area contributed by atoms with Crippen molar-refractivity contribution >= 4 is 5.97 Å². The van der Waals surface area contributed by atoms with Crippen molar-refractivity contribution in [2.75, 3.05) is 0 Å². The molecule has 0 atom stereocenters. The van der Waals surface area contributed by atoms with Gasteiger partial charge in [-0.1, -0.05) is 48.5 Å². The number of hydrogen-bond acceptors (Lipinski definition) is 3. The molecule has 0 radical (unpaired) electrons. The summed E-state index contributed by atoms with van der Waals surface area (Å²) in [5, 5.41) is 8.70. The molecule has 0 saturated heterocycles. The average molecular weight is 398 g/mol. The van der Waals surface area contributed by atoms with Crippen LogP contribution in [-0.2, 0) is 24.4 Å². The van der Waals surface area contributed by atoms with Crippen LogP contribution in [0.2, 0.25) is 0 Å². The molecule has 4 nitrogen and oxygen atoms in total. The molecule has 3 aromatic carbocycles. The van der Waals surface area contributed by atoms with Gasteiger partial charge >= 0.3 is 5.97 Å². The van der Waals surface area contributed by atoms with E-state index >= 15 is 0 Å². The predicted octanol–water partition coefficient (Wildman–Crippen LogP) is 5.14. The van der Waals surface area contributed by atoms with Gasteiger partial charge in [0.1, 0.15) is 19.0 Å². The van der Waals surface area contributed by atoms with Gasteiger partial charge < -0.3 is 14.6 Å². The van der Waals surface area contributed by atoms with Gasteiger partial charge in [0.25, 0.3) is 0 Å². The molecule has 6 heteroatoms. The zero-order chi connectivity index (χ0) is 20.6. The van der Waals surface area contributed by atoms with Crippen LogP contribution in [-0.4, -0.2) is 11.1 Å². The van der Waals surface area contributed by atoms with Crippen molar-refractivity contribution in [3.05, 3.63) is 95.1 Å². The Kier molecular flexibility index (Phi) is 6.79. The summed E-state index contributed by atoms with van der Waals surface area (Å²) in [6.07, 6.45) is -0.162. The van der Waals surface area contributed by atoms with Gasteiger partial charge in [-0.05, 0) is 35.7 Å². The Morgan fingerprint density at radius 3 is 2.17 bits per heavy atom. The van der Waals surface area contributed by atoms with Gasteiger partial charge in [-0.2, -0.15) is 0 Å². The van der Waals surface area contributed by atoms with E-state index in [9.17, 15) is 13.6 Å². The summed E-state index contributed by atoms with van der Waals surface area (Å²) in [6.45, 7) is 0.284. The highest BCUT2D eigenvalue weighted by molar-refractivity contribution is 5.67. The summed E-state index contributed by atoms with van der Waals surface area (Å²) in [5.74, 6) is -2.70. The maximum absolute atomic E-state index is 14.3. The van der Waals surface area contributed by atoms with Crippen molar-refractivity contribution in [3.63, 3.8) is 0 Å². The Morgan fingerprint density at radius 1 is 0.828 bits per heavy atom. The van der Waals surface area contributed by atoms with Crippen molar-refractivity contribution in [2.24, 2.45) is 0 Å². The first kappa shape index (κ1) is 20.3. The molecule has 0 saturated carbocycles. The zero-order valence-electron chi connectivity index (χ0n) is 15.6. The molecule has 0 fully saturated rings. The Hall–Kier alpha value is -3.41. The highest BCUT2D eigenvalue weighted by Gasteiger charge is 2.15. The molecule has 29 heavy (non-hydrogen) atoms. The Labute approximate surface area is 167 Å². The molecular weight excluding hydrogens is 378 g/mol. The molecule has 0 unspecified atom stereocenters. The van der Waals surface area contributed by atoms with Crippen LogP contribution in [0.3, 0.4) is 0 Å². The van der Waals surface area contributed by atoms with Crippen molar-refractivity contribution in [3.8, 4) is 11.5 Å². The van der Waals surface area contributed by atoms with Gasteiger partial charge in [-0.15, -0.1) is 0 Å². The number of rotatable bonds is 9. The van der Waals surface area contributed by atoms with E-state index in [2.05, 4.69) is 0 Å². The van der Waals surface area contributed by atoms with Crippen LogP contribution >= 0.6 is 0 Å². The van der Waals surface area contributed by atoms with E-state index in [-0.39, 0.29) is 25.0 Å². The maximum Gasteiger partial charge on any atom is 0.303 e. The molecule has 0 aliphatic carbocycles. The monoisotopic (exact) mass is 398 g/mol. The van der Waals surface area contributed by atoms with Crippen molar-refractivity contribution < 1.29 is 28.2 Å². The fourth-order valence-corrected chi connectivity index (χ4v) is 2.80. The number of para-hydroxylation sites is 1. The SMILES string of the molecule is O=C(O)CCc1cc(F)c(OCc2ccccc2OCc2ccccc2)c(F)c1. The van der Waals surface area contributed by atoms with Crippen molar-refractivity contribution in [1.82, 2.24) is 0 Å². The van der Waals surface area contributed by atoms with Gasteiger partial charge in [0, 0.05) is 12.0 Å². The largest absolute Gasteiger partial charge is 0.488 e. The second kappa shape index (κ2) is 9.68. The van der Waals surface area contributed by atoms with Crippen molar-refractivity contribution in [2.45, 2.75) is 26.1 Å². The molecule has 150 valence electrons. The Morgan fingerprint density at radius 2 is 1.48 bits per heavy atom. The third kappa shape index (κ3) is 5.78. The van der Waals surface area contributed by atoms with Crippen molar-refractivity contribution in [1.29, 1.82) is 0 Å². The molecule has 3 rings (SSSR count). The number of aliphatic carboxylic acids is 1. The minimum atomic E-state index is -1.03. The molecule has 0 aliphatic heterocycles. The third-order valence-corrected chi connectivity index (χ3v) is 4.27. The molecule has 1 N–H and O–H groups in total. The summed E-state index contributed by atoms with van der Waals surface area (Å²) >= 11 is 0. The van der Waals surface area contributed by atoms with Crippen LogP contribution in [0.25, 0.3) is 0 Å². The number of ether oxygens (including phenoxy) is 2. The first-order chi connectivity index (χ1) is 14.0. The molecule has 0 aliphatic rings. The molecule has 0 amide bonds. The Bertz CT molecular complexity index is 951. The number of carbonyl (C=O) groups is 1. The first-order valence-corrected chi connectivity index (χ1v) is 9.10. The zero-order valence-corrected chi connectivity index (χ0v) is 15.6. The topological polar surface area (TPSA) is 55.8 Å². The number of aryl methyl sites for hydroxylation is 1. The normalized spacial score (nSPS) is 10.6. The average Bonchev–Trinajstić information content (AvgIpc) is 2.71. The lowest BCUT2D eigenvalue weighted by Gasteiger charge is -2.14. The summed E-state index contributed by atoms with van der Waals surface area (Å²) in [4.78, 5) is 10.6. The number of benzene rings is 3. The van der Waals surface area contributed by atoms with E-state index in [0.717, 1.165) is 17.7 Å². The van der Waals surface area contributed by atoms with E-state index in [1.807, 2.05) is 36.4 Å². The van der Waals surface area contributed by atoms with Gasteiger partial charge in [0.15, 0.2) is 17.4 Å². The summed E-state index contributed by atoms with van der Waals surface area (Å²) < 4.78 is 39.7. The molecular formula is C23H20F2O4.